The Kier molecular flexibility index (Phi) is 9.88. The van der Waals surface area contributed by atoms with Crippen LogP contribution in [0.1, 0.15) is 40.4 Å². The lowest BCUT2D eigenvalue weighted by Gasteiger charge is -2.27. The van der Waals surface area contributed by atoms with Gasteiger partial charge in [-0.05, 0) is 48.7 Å². The van der Waals surface area contributed by atoms with E-state index in [0.717, 1.165) is 12.0 Å². The Balaban J connectivity index is 1.36. The Morgan fingerprint density at radius 1 is 0.875 bits per heavy atom. The molecule has 3 heterocycles. The van der Waals surface area contributed by atoms with Gasteiger partial charge in [0, 0.05) is 32.7 Å². The second-order valence-corrected chi connectivity index (χ2v) is 11.1. The summed E-state index contributed by atoms with van der Waals surface area (Å²) in [5, 5.41) is 0.597. The van der Waals surface area contributed by atoms with E-state index in [2.05, 4.69) is 9.97 Å². The fraction of sp³-hybridized carbons (Fsp3) is 0.314. The molecule has 13 nitrogen and oxygen atoms in total. The molecule has 1 amide bonds. The molecule has 0 saturated carbocycles. The van der Waals surface area contributed by atoms with E-state index in [4.69, 9.17) is 34.2 Å². The van der Waals surface area contributed by atoms with E-state index in [-0.39, 0.29) is 17.4 Å². The van der Waals surface area contributed by atoms with E-state index in [0.29, 0.717) is 84.7 Å². The van der Waals surface area contributed by atoms with Crippen LogP contribution in [0.15, 0.2) is 71.8 Å². The van der Waals surface area contributed by atoms with Crippen LogP contribution in [0.5, 0.6) is 28.9 Å². The van der Waals surface area contributed by atoms with Crippen molar-refractivity contribution in [1.82, 2.24) is 19.3 Å². The number of nitrogens with zero attached hydrogens (tertiary/aromatic N) is 4. The summed E-state index contributed by atoms with van der Waals surface area (Å²) in [4.78, 5) is 35.1. The fourth-order valence-electron chi connectivity index (χ4n) is 6.01. The lowest BCUT2D eigenvalue weighted by Crippen LogP contribution is -2.26. The fourth-order valence-corrected chi connectivity index (χ4v) is 6.01. The van der Waals surface area contributed by atoms with Crippen LogP contribution in [0.4, 0.5) is 0 Å². The summed E-state index contributed by atoms with van der Waals surface area (Å²) >= 11 is 0. The summed E-state index contributed by atoms with van der Waals surface area (Å²) in [5.41, 5.74) is 8.06. The number of amides is 1. The van der Waals surface area contributed by atoms with E-state index in [1.807, 2.05) is 47.1 Å². The number of primary amides is 1. The summed E-state index contributed by atoms with van der Waals surface area (Å²) in [6.07, 6.45) is 2.91. The van der Waals surface area contributed by atoms with Crippen LogP contribution in [-0.2, 0) is 16.0 Å². The molecule has 5 aromatic rings. The highest BCUT2D eigenvalue weighted by atomic mass is 16.5. The molecule has 250 valence electrons. The van der Waals surface area contributed by atoms with Crippen molar-refractivity contribution in [2.75, 3.05) is 47.8 Å². The SMILES string of the molecule is COCCOc1cc2ncnc(Oc3ccc(C4CCCn5c4c(C(N)=O)c(=O)n5-c4ccccc4)cc3OC)c2cc1OCCOC. The van der Waals surface area contributed by atoms with Gasteiger partial charge in [-0.1, -0.05) is 24.3 Å². The molecule has 0 fully saturated rings. The minimum Gasteiger partial charge on any atom is -0.493 e. The molecule has 0 saturated heterocycles. The summed E-state index contributed by atoms with van der Waals surface area (Å²) < 4.78 is 37.7. The number of fused-ring (bicyclic) bond motifs is 2. The first-order valence-electron chi connectivity index (χ1n) is 15.5. The van der Waals surface area contributed by atoms with Gasteiger partial charge < -0.3 is 34.2 Å². The van der Waals surface area contributed by atoms with Crippen LogP contribution in [0.3, 0.4) is 0 Å². The summed E-state index contributed by atoms with van der Waals surface area (Å²) in [5.74, 6) is 1.08. The Bertz CT molecular complexity index is 1970. The molecule has 2 aromatic heterocycles. The first-order valence-corrected chi connectivity index (χ1v) is 15.5. The van der Waals surface area contributed by atoms with Crippen molar-refractivity contribution in [3.8, 4) is 34.6 Å². The molecule has 0 spiro atoms. The molecule has 6 rings (SSSR count). The number of rotatable bonds is 14. The van der Waals surface area contributed by atoms with E-state index in [9.17, 15) is 9.59 Å². The number of para-hydroxylation sites is 1. The molecular formula is C35H37N5O8. The lowest BCUT2D eigenvalue weighted by atomic mass is 9.86. The molecule has 3 aromatic carbocycles. The van der Waals surface area contributed by atoms with Crippen molar-refractivity contribution in [2.24, 2.45) is 5.73 Å². The van der Waals surface area contributed by atoms with Crippen LogP contribution < -0.4 is 30.2 Å². The number of ether oxygens (including phenoxy) is 6. The Labute approximate surface area is 276 Å². The smallest absolute Gasteiger partial charge is 0.284 e. The van der Waals surface area contributed by atoms with Crippen molar-refractivity contribution in [1.29, 1.82) is 0 Å². The third kappa shape index (κ3) is 6.42. The van der Waals surface area contributed by atoms with Crippen LogP contribution in [0.2, 0.25) is 0 Å². The van der Waals surface area contributed by atoms with Crippen LogP contribution >= 0.6 is 0 Å². The first-order chi connectivity index (χ1) is 23.4. The minimum absolute atomic E-state index is 0.00982. The third-order valence-electron chi connectivity index (χ3n) is 8.17. The van der Waals surface area contributed by atoms with E-state index >= 15 is 0 Å². The number of carbonyl (C=O) groups is 1. The zero-order chi connectivity index (χ0) is 33.6. The van der Waals surface area contributed by atoms with Gasteiger partial charge in [0.05, 0.1) is 42.6 Å². The van der Waals surface area contributed by atoms with Crippen LogP contribution in [-0.4, -0.2) is 73.0 Å². The van der Waals surface area contributed by atoms with E-state index in [1.165, 1.54) is 11.0 Å². The monoisotopic (exact) mass is 655 g/mol. The van der Waals surface area contributed by atoms with Crippen LogP contribution in [0.25, 0.3) is 16.6 Å². The molecule has 0 bridgehead atoms. The number of hydrogen-bond donors (Lipinski definition) is 1. The number of methoxy groups -OCH3 is 3. The molecule has 2 N–H and O–H groups in total. The normalized spacial score (nSPS) is 14.0. The van der Waals surface area contributed by atoms with Gasteiger partial charge in [0.2, 0.25) is 5.88 Å². The zero-order valence-electron chi connectivity index (χ0n) is 27.0. The van der Waals surface area contributed by atoms with Crippen molar-refractivity contribution >= 4 is 16.8 Å². The standard InChI is InChI=1S/C35H37N5O8/c1-43-14-16-46-29-19-25-26(20-30(29)47-17-15-44-2)37-21-38-34(25)48-27-12-11-22(18-28(27)45-3)24-10-7-13-39-32(24)31(33(36)41)35(42)40(39)23-8-5-4-6-9-23/h4-6,8-9,11-12,18-21,24H,7,10,13-17H2,1-3H3,(H2,36,41). The van der Waals surface area contributed by atoms with Gasteiger partial charge in [-0.2, -0.15) is 0 Å². The van der Waals surface area contributed by atoms with Gasteiger partial charge >= 0.3 is 0 Å². The van der Waals surface area contributed by atoms with Crippen molar-refractivity contribution < 1.29 is 33.2 Å². The second kappa shape index (κ2) is 14.6. The molecule has 13 heteroatoms. The van der Waals surface area contributed by atoms with Gasteiger partial charge in [0.1, 0.15) is 25.1 Å². The van der Waals surface area contributed by atoms with Gasteiger partial charge in [-0.15, -0.1) is 0 Å². The highest BCUT2D eigenvalue weighted by molar-refractivity contribution is 5.94. The number of benzene rings is 3. The maximum absolute atomic E-state index is 13.6. The van der Waals surface area contributed by atoms with Gasteiger partial charge in [0.15, 0.2) is 23.0 Å². The lowest BCUT2D eigenvalue weighted by molar-refractivity contribution is 0.0997. The molecule has 1 unspecified atom stereocenters. The quantitative estimate of drug-likeness (QED) is 0.170. The summed E-state index contributed by atoms with van der Waals surface area (Å²) in [7, 11) is 4.75. The van der Waals surface area contributed by atoms with Crippen molar-refractivity contribution in [3.63, 3.8) is 0 Å². The minimum atomic E-state index is -0.759. The number of nitrogens with two attached hydrogens (primary N) is 1. The number of hydrogen-bond acceptors (Lipinski definition) is 10. The highest BCUT2D eigenvalue weighted by Crippen LogP contribution is 2.42. The van der Waals surface area contributed by atoms with Gasteiger partial charge in [-0.25, -0.2) is 14.6 Å². The molecule has 0 aliphatic carbocycles. The van der Waals surface area contributed by atoms with E-state index < -0.39 is 11.5 Å². The van der Waals surface area contributed by atoms with Gasteiger partial charge in [-0.3, -0.25) is 14.3 Å². The molecule has 1 aliphatic rings. The predicted molar refractivity (Wildman–Crippen MR) is 177 cm³/mol. The average molecular weight is 656 g/mol. The topological polar surface area (TPSA) is 151 Å². The largest absolute Gasteiger partial charge is 0.493 e. The predicted octanol–water partition coefficient (Wildman–Crippen LogP) is 4.46. The first kappa shape index (κ1) is 32.5. The summed E-state index contributed by atoms with van der Waals surface area (Å²) in [6.45, 7) is 2.01. The maximum atomic E-state index is 13.6. The van der Waals surface area contributed by atoms with E-state index in [1.54, 1.807) is 39.5 Å². The van der Waals surface area contributed by atoms with Gasteiger partial charge in [0.25, 0.3) is 11.5 Å². The highest BCUT2D eigenvalue weighted by Gasteiger charge is 2.33. The van der Waals surface area contributed by atoms with Crippen molar-refractivity contribution in [2.45, 2.75) is 25.3 Å². The average Bonchev–Trinajstić information content (AvgIpc) is 3.41. The number of aromatic nitrogens is 4. The summed E-state index contributed by atoms with van der Waals surface area (Å²) in [6, 6.07) is 18.3. The second-order valence-electron chi connectivity index (χ2n) is 11.1. The third-order valence-corrected chi connectivity index (χ3v) is 8.17. The Hall–Kier alpha value is -5.40. The van der Waals surface area contributed by atoms with Crippen LogP contribution in [0, 0.1) is 0 Å². The zero-order valence-corrected chi connectivity index (χ0v) is 27.0. The molecule has 1 aliphatic heterocycles. The molecule has 48 heavy (non-hydrogen) atoms. The Morgan fingerprint density at radius 2 is 1.60 bits per heavy atom. The molecule has 1 atom stereocenters. The maximum Gasteiger partial charge on any atom is 0.284 e. The molecular weight excluding hydrogens is 618 g/mol. The Morgan fingerprint density at radius 3 is 2.29 bits per heavy atom. The van der Waals surface area contributed by atoms with Crippen molar-refractivity contribution in [3.05, 3.63) is 94.2 Å². The molecule has 0 radical (unpaired) electrons. The number of carbonyl (C=O) groups excluding carboxylic acids is 1.